The second-order valence-electron chi connectivity index (χ2n) is 5.72. The van der Waals surface area contributed by atoms with E-state index in [0.717, 1.165) is 19.3 Å². The number of hydrogen-bond acceptors (Lipinski definition) is 4. The molecular weight excluding hydrogens is 234 g/mol. The fourth-order valence-corrected chi connectivity index (χ4v) is 2.30. The zero-order chi connectivity index (χ0) is 13.9. The van der Waals surface area contributed by atoms with Crippen LogP contribution in [0.25, 0.3) is 0 Å². The van der Waals surface area contributed by atoms with Crippen LogP contribution in [-0.4, -0.2) is 42.8 Å². The van der Waals surface area contributed by atoms with Crippen LogP contribution in [0.2, 0.25) is 0 Å². The SMILES string of the molecule is COC(=O)[C@@H]1CCC[C@@H]1N(C)C(=O)OC(C)(C)C. The van der Waals surface area contributed by atoms with Gasteiger partial charge < -0.3 is 14.4 Å². The van der Waals surface area contributed by atoms with Gasteiger partial charge in [-0.1, -0.05) is 6.42 Å². The van der Waals surface area contributed by atoms with Gasteiger partial charge in [-0.15, -0.1) is 0 Å². The molecule has 104 valence electrons. The van der Waals surface area contributed by atoms with Crippen molar-refractivity contribution >= 4 is 12.1 Å². The summed E-state index contributed by atoms with van der Waals surface area (Å²) in [5, 5.41) is 0. The smallest absolute Gasteiger partial charge is 0.410 e. The third kappa shape index (κ3) is 3.62. The summed E-state index contributed by atoms with van der Waals surface area (Å²) in [7, 11) is 3.06. The van der Waals surface area contributed by atoms with Gasteiger partial charge in [-0.2, -0.15) is 0 Å². The molecule has 18 heavy (non-hydrogen) atoms. The average molecular weight is 257 g/mol. The van der Waals surface area contributed by atoms with Gasteiger partial charge in [0.1, 0.15) is 5.60 Å². The summed E-state index contributed by atoms with van der Waals surface area (Å²) in [6.07, 6.45) is 2.13. The molecule has 1 rings (SSSR count). The number of rotatable bonds is 2. The normalized spacial score (nSPS) is 23.6. The first-order valence-electron chi connectivity index (χ1n) is 6.30. The van der Waals surface area contributed by atoms with Gasteiger partial charge in [-0.05, 0) is 33.6 Å². The Hall–Kier alpha value is -1.26. The lowest BCUT2D eigenvalue weighted by Crippen LogP contribution is -2.44. The van der Waals surface area contributed by atoms with E-state index in [-0.39, 0.29) is 24.0 Å². The maximum absolute atomic E-state index is 12.0. The minimum absolute atomic E-state index is 0.118. The Kier molecular flexibility index (Phi) is 4.59. The van der Waals surface area contributed by atoms with Crippen molar-refractivity contribution in [2.24, 2.45) is 5.92 Å². The zero-order valence-electron chi connectivity index (χ0n) is 11.9. The number of amides is 1. The first-order valence-corrected chi connectivity index (χ1v) is 6.30. The Morgan fingerprint density at radius 1 is 1.22 bits per heavy atom. The molecule has 0 heterocycles. The van der Waals surface area contributed by atoms with E-state index in [0.29, 0.717) is 0 Å². The highest BCUT2D eigenvalue weighted by molar-refractivity contribution is 5.75. The molecule has 1 saturated carbocycles. The van der Waals surface area contributed by atoms with Crippen LogP contribution in [0.15, 0.2) is 0 Å². The van der Waals surface area contributed by atoms with Crippen LogP contribution in [0.1, 0.15) is 40.0 Å². The largest absolute Gasteiger partial charge is 0.469 e. The molecule has 1 aliphatic carbocycles. The average Bonchev–Trinajstić information content (AvgIpc) is 2.73. The maximum atomic E-state index is 12.0. The first kappa shape index (κ1) is 14.8. The number of nitrogens with zero attached hydrogens (tertiary/aromatic N) is 1. The van der Waals surface area contributed by atoms with Crippen LogP contribution >= 0.6 is 0 Å². The number of hydrogen-bond donors (Lipinski definition) is 0. The Morgan fingerprint density at radius 3 is 2.33 bits per heavy atom. The number of carbonyl (C=O) groups is 2. The van der Waals surface area contributed by atoms with Crippen molar-refractivity contribution in [2.45, 2.75) is 51.7 Å². The van der Waals surface area contributed by atoms with Gasteiger partial charge in [0.05, 0.1) is 13.0 Å². The van der Waals surface area contributed by atoms with Crippen molar-refractivity contribution in [3.63, 3.8) is 0 Å². The molecule has 5 heteroatoms. The van der Waals surface area contributed by atoms with Crippen LogP contribution in [-0.2, 0) is 14.3 Å². The molecule has 1 aliphatic rings. The Labute approximate surface area is 108 Å². The molecular formula is C13H23NO4. The summed E-state index contributed by atoms with van der Waals surface area (Å²) >= 11 is 0. The molecule has 0 radical (unpaired) electrons. The second-order valence-corrected chi connectivity index (χ2v) is 5.72. The monoisotopic (exact) mass is 257 g/mol. The molecule has 2 atom stereocenters. The number of ether oxygens (including phenoxy) is 2. The van der Waals surface area contributed by atoms with E-state index in [9.17, 15) is 9.59 Å². The Balaban J connectivity index is 2.68. The fraction of sp³-hybridized carbons (Fsp3) is 0.846. The van der Waals surface area contributed by atoms with E-state index >= 15 is 0 Å². The number of carbonyl (C=O) groups excluding carboxylic acids is 2. The minimum atomic E-state index is -0.523. The number of methoxy groups -OCH3 is 1. The molecule has 0 N–H and O–H groups in total. The van der Waals surface area contributed by atoms with Crippen molar-refractivity contribution < 1.29 is 19.1 Å². The first-order chi connectivity index (χ1) is 8.26. The van der Waals surface area contributed by atoms with E-state index in [1.807, 2.05) is 20.8 Å². The predicted octanol–water partition coefficient (Wildman–Crippen LogP) is 2.20. The fourth-order valence-electron chi connectivity index (χ4n) is 2.30. The van der Waals surface area contributed by atoms with Crippen LogP contribution < -0.4 is 0 Å². The highest BCUT2D eigenvalue weighted by Gasteiger charge is 2.39. The van der Waals surface area contributed by atoms with Crippen molar-refractivity contribution in [3.8, 4) is 0 Å². The summed E-state index contributed by atoms with van der Waals surface area (Å²) in [4.78, 5) is 25.1. The molecule has 0 unspecified atom stereocenters. The van der Waals surface area contributed by atoms with Crippen LogP contribution in [0.5, 0.6) is 0 Å². The molecule has 0 aromatic rings. The van der Waals surface area contributed by atoms with Gasteiger partial charge in [-0.25, -0.2) is 4.79 Å². The van der Waals surface area contributed by atoms with Crippen LogP contribution in [0.4, 0.5) is 4.79 Å². The highest BCUT2D eigenvalue weighted by Crippen LogP contribution is 2.31. The predicted molar refractivity (Wildman–Crippen MR) is 67.1 cm³/mol. The van der Waals surface area contributed by atoms with Crippen molar-refractivity contribution in [1.82, 2.24) is 4.90 Å². The summed E-state index contributed by atoms with van der Waals surface area (Å²) in [5.41, 5.74) is -0.523. The number of esters is 1. The molecule has 0 aliphatic heterocycles. The maximum Gasteiger partial charge on any atom is 0.410 e. The lowest BCUT2D eigenvalue weighted by Gasteiger charge is -2.30. The van der Waals surface area contributed by atoms with Crippen molar-refractivity contribution in [3.05, 3.63) is 0 Å². The lowest BCUT2D eigenvalue weighted by atomic mass is 10.0. The van der Waals surface area contributed by atoms with E-state index < -0.39 is 5.60 Å². The molecule has 1 amide bonds. The minimum Gasteiger partial charge on any atom is -0.469 e. The molecule has 5 nitrogen and oxygen atoms in total. The van der Waals surface area contributed by atoms with Gasteiger partial charge in [-0.3, -0.25) is 4.79 Å². The Bertz CT molecular complexity index is 321. The van der Waals surface area contributed by atoms with E-state index in [2.05, 4.69) is 0 Å². The quantitative estimate of drug-likeness (QED) is 0.712. The van der Waals surface area contributed by atoms with Gasteiger partial charge in [0.25, 0.3) is 0 Å². The zero-order valence-corrected chi connectivity index (χ0v) is 11.9. The van der Waals surface area contributed by atoms with Gasteiger partial charge in [0.15, 0.2) is 0 Å². The van der Waals surface area contributed by atoms with Crippen molar-refractivity contribution in [2.75, 3.05) is 14.2 Å². The summed E-state index contributed by atoms with van der Waals surface area (Å²) in [6.45, 7) is 5.47. The van der Waals surface area contributed by atoms with Crippen LogP contribution in [0, 0.1) is 5.92 Å². The van der Waals surface area contributed by atoms with E-state index in [1.165, 1.54) is 12.0 Å². The summed E-state index contributed by atoms with van der Waals surface area (Å²) in [5.74, 6) is -0.472. The van der Waals surface area contributed by atoms with E-state index in [4.69, 9.17) is 9.47 Å². The molecule has 0 spiro atoms. The van der Waals surface area contributed by atoms with E-state index in [1.54, 1.807) is 7.05 Å². The third-order valence-corrected chi connectivity index (χ3v) is 3.16. The molecule has 1 fully saturated rings. The molecule has 0 saturated heterocycles. The molecule has 0 aromatic carbocycles. The van der Waals surface area contributed by atoms with Crippen molar-refractivity contribution in [1.29, 1.82) is 0 Å². The molecule has 0 bridgehead atoms. The van der Waals surface area contributed by atoms with Gasteiger partial charge in [0.2, 0.25) is 0 Å². The molecule has 0 aromatic heterocycles. The van der Waals surface area contributed by atoms with Gasteiger partial charge in [0, 0.05) is 13.1 Å². The summed E-state index contributed by atoms with van der Waals surface area (Å²) < 4.78 is 10.1. The van der Waals surface area contributed by atoms with Crippen LogP contribution in [0.3, 0.4) is 0 Å². The Morgan fingerprint density at radius 2 is 1.83 bits per heavy atom. The van der Waals surface area contributed by atoms with Gasteiger partial charge >= 0.3 is 12.1 Å². The topological polar surface area (TPSA) is 55.8 Å². The summed E-state index contributed by atoms with van der Waals surface area (Å²) in [6, 6.07) is -0.118. The third-order valence-electron chi connectivity index (χ3n) is 3.16. The standard InChI is InChI=1S/C13H23NO4/c1-13(2,3)18-12(16)14(4)10-8-6-7-9(10)11(15)17-5/h9-10H,6-8H2,1-5H3/t9-,10+/m1/s1. The lowest BCUT2D eigenvalue weighted by molar-refractivity contribution is -0.146. The highest BCUT2D eigenvalue weighted by atomic mass is 16.6. The second kappa shape index (κ2) is 5.59.